The summed E-state index contributed by atoms with van der Waals surface area (Å²) in [4.78, 5) is 8.83. The lowest BCUT2D eigenvalue weighted by Gasteiger charge is -2.10. The van der Waals surface area contributed by atoms with Gasteiger partial charge in [0.2, 0.25) is 0 Å². The summed E-state index contributed by atoms with van der Waals surface area (Å²) in [6.45, 7) is 3.07. The summed E-state index contributed by atoms with van der Waals surface area (Å²) in [7, 11) is 0. The van der Waals surface area contributed by atoms with Gasteiger partial charge in [0.25, 0.3) is 0 Å². The lowest BCUT2D eigenvalue weighted by molar-refractivity contribution is 0.737. The second-order valence-corrected chi connectivity index (χ2v) is 3.50. The number of aromatic nitrogens is 1. The molecule has 2 heteroatoms. The molecule has 0 N–H and O–H groups in total. The van der Waals surface area contributed by atoms with Crippen LogP contribution in [0.2, 0.25) is 0 Å². The van der Waals surface area contributed by atoms with Gasteiger partial charge in [0.05, 0.1) is 11.4 Å². The van der Waals surface area contributed by atoms with E-state index in [0.717, 1.165) is 18.7 Å². The fourth-order valence-electron chi connectivity index (χ4n) is 1.60. The molecule has 13 heavy (non-hydrogen) atoms. The van der Waals surface area contributed by atoms with E-state index in [-0.39, 0.29) is 0 Å². The lowest BCUT2D eigenvalue weighted by atomic mass is 10.1. The molecule has 0 radical (unpaired) electrons. The number of rotatable bonds is 1. The Morgan fingerprint density at radius 1 is 1.31 bits per heavy atom. The van der Waals surface area contributed by atoms with Crippen molar-refractivity contribution in [3.05, 3.63) is 29.6 Å². The molecule has 0 unspecified atom stereocenters. The standard InChI is InChI=1S/C11H14N2/c1-9-5-7-13-11(8-9)10-4-2-3-6-12-10/h5,7-8H,2-4,6H2,1H3. The van der Waals surface area contributed by atoms with Crippen molar-refractivity contribution in [3.8, 4) is 0 Å². The van der Waals surface area contributed by atoms with E-state index < -0.39 is 0 Å². The van der Waals surface area contributed by atoms with E-state index in [1.54, 1.807) is 0 Å². The molecule has 0 fully saturated rings. The monoisotopic (exact) mass is 174 g/mol. The first-order valence-electron chi connectivity index (χ1n) is 4.82. The van der Waals surface area contributed by atoms with Gasteiger partial charge in [0.15, 0.2) is 0 Å². The minimum Gasteiger partial charge on any atom is -0.288 e. The summed E-state index contributed by atoms with van der Waals surface area (Å²) in [5.41, 5.74) is 3.52. The first-order valence-corrected chi connectivity index (χ1v) is 4.82. The smallest absolute Gasteiger partial charge is 0.0842 e. The third-order valence-electron chi connectivity index (χ3n) is 2.34. The first kappa shape index (κ1) is 8.42. The molecule has 0 atom stereocenters. The van der Waals surface area contributed by atoms with Gasteiger partial charge in [-0.05, 0) is 43.9 Å². The summed E-state index contributed by atoms with van der Waals surface area (Å²) >= 11 is 0. The summed E-state index contributed by atoms with van der Waals surface area (Å²) in [5.74, 6) is 0. The summed E-state index contributed by atoms with van der Waals surface area (Å²) in [6.07, 6.45) is 5.45. The quantitative estimate of drug-likeness (QED) is 0.641. The molecule has 1 aliphatic heterocycles. The minimum absolute atomic E-state index is 0.977. The molecular formula is C11H14N2. The van der Waals surface area contributed by atoms with Crippen LogP contribution < -0.4 is 0 Å². The van der Waals surface area contributed by atoms with E-state index >= 15 is 0 Å². The van der Waals surface area contributed by atoms with Gasteiger partial charge in [-0.1, -0.05) is 0 Å². The largest absolute Gasteiger partial charge is 0.288 e. The van der Waals surface area contributed by atoms with Gasteiger partial charge in [0.1, 0.15) is 0 Å². The van der Waals surface area contributed by atoms with Crippen LogP contribution in [0.1, 0.15) is 30.5 Å². The van der Waals surface area contributed by atoms with Crippen molar-refractivity contribution < 1.29 is 0 Å². The van der Waals surface area contributed by atoms with Crippen LogP contribution in [0, 0.1) is 6.92 Å². The number of hydrogen-bond acceptors (Lipinski definition) is 2. The minimum atomic E-state index is 0.977. The van der Waals surface area contributed by atoms with Crippen LogP contribution in [0.25, 0.3) is 0 Å². The lowest BCUT2D eigenvalue weighted by Crippen LogP contribution is -2.09. The van der Waals surface area contributed by atoms with E-state index in [0.29, 0.717) is 0 Å². The third-order valence-corrected chi connectivity index (χ3v) is 2.34. The molecule has 1 aliphatic rings. The van der Waals surface area contributed by atoms with Crippen molar-refractivity contribution >= 4 is 5.71 Å². The highest BCUT2D eigenvalue weighted by atomic mass is 14.8. The highest BCUT2D eigenvalue weighted by Crippen LogP contribution is 2.12. The molecule has 1 aromatic heterocycles. The van der Waals surface area contributed by atoms with Gasteiger partial charge >= 0.3 is 0 Å². The molecular weight excluding hydrogens is 160 g/mol. The maximum absolute atomic E-state index is 4.49. The van der Waals surface area contributed by atoms with E-state index in [4.69, 9.17) is 0 Å². The van der Waals surface area contributed by atoms with E-state index in [2.05, 4.69) is 23.0 Å². The molecule has 0 aliphatic carbocycles. The molecule has 2 heterocycles. The molecule has 1 aromatic rings. The Kier molecular flexibility index (Phi) is 2.39. The Hall–Kier alpha value is -1.18. The zero-order valence-electron chi connectivity index (χ0n) is 7.95. The summed E-state index contributed by atoms with van der Waals surface area (Å²) in [6, 6.07) is 4.14. The van der Waals surface area contributed by atoms with Crippen LogP contribution in [0.15, 0.2) is 23.3 Å². The predicted molar refractivity (Wildman–Crippen MR) is 54.2 cm³/mol. The van der Waals surface area contributed by atoms with Crippen LogP contribution in [-0.2, 0) is 0 Å². The molecule has 0 aromatic carbocycles. The van der Waals surface area contributed by atoms with E-state index in [9.17, 15) is 0 Å². The Morgan fingerprint density at radius 3 is 2.92 bits per heavy atom. The van der Waals surface area contributed by atoms with Crippen LogP contribution in [0.4, 0.5) is 0 Å². The van der Waals surface area contributed by atoms with Crippen LogP contribution in [0.3, 0.4) is 0 Å². The average Bonchev–Trinajstić information content (AvgIpc) is 2.19. The van der Waals surface area contributed by atoms with Gasteiger partial charge in [-0.2, -0.15) is 0 Å². The molecule has 0 bridgehead atoms. The zero-order chi connectivity index (χ0) is 9.10. The van der Waals surface area contributed by atoms with Crippen molar-refractivity contribution in [2.45, 2.75) is 26.2 Å². The molecule has 0 saturated carbocycles. The SMILES string of the molecule is Cc1ccnc(C2=NCCCC2)c1. The van der Waals surface area contributed by atoms with Crippen molar-refractivity contribution in [2.75, 3.05) is 6.54 Å². The maximum atomic E-state index is 4.49. The third kappa shape index (κ3) is 1.94. The average molecular weight is 174 g/mol. The second kappa shape index (κ2) is 3.69. The van der Waals surface area contributed by atoms with Crippen LogP contribution in [-0.4, -0.2) is 17.2 Å². The first-order chi connectivity index (χ1) is 6.36. The molecule has 0 spiro atoms. The zero-order valence-corrected chi connectivity index (χ0v) is 7.95. The Labute approximate surface area is 78.7 Å². The molecule has 2 rings (SSSR count). The Balaban J connectivity index is 2.29. The van der Waals surface area contributed by atoms with Crippen molar-refractivity contribution in [3.63, 3.8) is 0 Å². The van der Waals surface area contributed by atoms with Gasteiger partial charge in [-0.15, -0.1) is 0 Å². The molecule has 68 valence electrons. The van der Waals surface area contributed by atoms with Gasteiger partial charge in [-0.25, -0.2) is 0 Å². The highest BCUT2D eigenvalue weighted by molar-refractivity contribution is 5.99. The van der Waals surface area contributed by atoms with Gasteiger partial charge in [-0.3, -0.25) is 9.98 Å². The van der Waals surface area contributed by atoms with E-state index in [1.165, 1.54) is 24.1 Å². The fraction of sp³-hybridized carbons (Fsp3) is 0.455. The number of aryl methyl sites for hydroxylation is 1. The number of pyridine rings is 1. The number of hydrogen-bond donors (Lipinski definition) is 0. The highest BCUT2D eigenvalue weighted by Gasteiger charge is 2.08. The molecule has 0 amide bonds. The Morgan fingerprint density at radius 2 is 2.23 bits per heavy atom. The van der Waals surface area contributed by atoms with Gasteiger partial charge in [0, 0.05) is 12.7 Å². The normalized spacial score (nSPS) is 16.8. The summed E-state index contributed by atoms with van der Waals surface area (Å²) in [5, 5.41) is 0. The van der Waals surface area contributed by atoms with E-state index in [1.807, 2.05) is 12.3 Å². The van der Waals surface area contributed by atoms with Crippen molar-refractivity contribution in [1.29, 1.82) is 0 Å². The number of nitrogens with zero attached hydrogens (tertiary/aromatic N) is 2. The molecule has 2 nitrogen and oxygen atoms in total. The summed E-state index contributed by atoms with van der Waals surface area (Å²) < 4.78 is 0. The number of aliphatic imine (C=N–C) groups is 1. The Bertz CT molecular complexity index is 329. The topological polar surface area (TPSA) is 25.2 Å². The second-order valence-electron chi connectivity index (χ2n) is 3.50. The van der Waals surface area contributed by atoms with Gasteiger partial charge < -0.3 is 0 Å². The molecule has 0 saturated heterocycles. The maximum Gasteiger partial charge on any atom is 0.0842 e. The van der Waals surface area contributed by atoms with Crippen molar-refractivity contribution in [1.82, 2.24) is 4.98 Å². The fourth-order valence-corrected chi connectivity index (χ4v) is 1.60. The van der Waals surface area contributed by atoms with Crippen LogP contribution in [0.5, 0.6) is 0 Å². The predicted octanol–water partition coefficient (Wildman–Crippen LogP) is 2.36. The van der Waals surface area contributed by atoms with Crippen molar-refractivity contribution in [2.24, 2.45) is 4.99 Å². The van der Waals surface area contributed by atoms with Crippen LogP contribution >= 0.6 is 0 Å².